The summed E-state index contributed by atoms with van der Waals surface area (Å²) in [5.41, 5.74) is 5.61. The van der Waals surface area contributed by atoms with Gasteiger partial charge in [0.2, 0.25) is 0 Å². The highest BCUT2D eigenvalue weighted by atomic mass is 16.4. The summed E-state index contributed by atoms with van der Waals surface area (Å²) in [6.45, 7) is 0. The van der Waals surface area contributed by atoms with Crippen LogP contribution in [0.25, 0.3) is 10.8 Å². The standard InChI is InChI=1S/C12H9NO4/c13-8-2-1-6-4-9(11(14)15)10(12(16)17)5-7(6)3-8/h1-5H,13H2,(H,14,15)(H,16,17). The Morgan fingerprint density at radius 3 is 1.94 bits per heavy atom. The predicted octanol–water partition coefficient (Wildman–Crippen LogP) is 1.82. The Bertz CT molecular complexity index is 634. The summed E-state index contributed by atoms with van der Waals surface area (Å²) in [5, 5.41) is 19.1. The minimum atomic E-state index is -1.27. The molecule has 0 aliphatic rings. The molecule has 0 aromatic heterocycles. The topological polar surface area (TPSA) is 101 Å². The van der Waals surface area contributed by atoms with E-state index in [1.165, 1.54) is 12.1 Å². The molecule has 0 heterocycles. The molecular formula is C12H9NO4. The highest BCUT2D eigenvalue weighted by Gasteiger charge is 2.16. The van der Waals surface area contributed by atoms with Crippen LogP contribution < -0.4 is 5.73 Å². The number of nitrogens with two attached hydrogens (primary N) is 1. The molecule has 0 amide bonds. The predicted molar refractivity (Wildman–Crippen MR) is 62.3 cm³/mol. The van der Waals surface area contributed by atoms with Crippen LogP contribution in [-0.4, -0.2) is 22.2 Å². The molecule has 0 saturated carbocycles. The minimum Gasteiger partial charge on any atom is -0.478 e. The van der Waals surface area contributed by atoms with Crippen LogP contribution in [0.4, 0.5) is 5.69 Å². The van der Waals surface area contributed by atoms with Gasteiger partial charge in [0.15, 0.2) is 0 Å². The number of carbonyl (C=O) groups is 2. The average Bonchev–Trinajstić information content (AvgIpc) is 2.26. The Morgan fingerprint density at radius 1 is 0.882 bits per heavy atom. The lowest BCUT2D eigenvalue weighted by atomic mass is 10.0. The van der Waals surface area contributed by atoms with Gasteiger partial charge >= 0.3 is 11.9 Å². The molecule has 0 bridgehead atoms. The number of carboxylic acids is 2. The second kappa shape index (κ2) is 3.79. The van der Waals surface area contributed by atoms with E-state index in [0.29, 0.717) is 16.5 Å². The van der Waals surface area contributed by atoms with Crippen LogP contribution in [0.15, 0.2) is 30.3 Å². The van der Waals surface area contributed by atoms with Gasteiger partial charge in [0.1, 0.15) is 0 Å². The molecule has 4 N–H and O–H groups in total. The summed E-state index contributed by atoms with van der Waals surface area (Å²) < 4.78 is 0. The van der Waals surface area contributed by atoms with Gasteiger partial charge < -0.3 is 15.9 Å². The van der Waals surface area contributed by atoms with Crippen LogP contribution in [0.3, 0.4) is 0 Å². The molecule has 0 unspecified atom stereocenters. The zero-order valence-electron chi connectivity index (χ0n) is 8.68. The molecule has 5 heteroatoms. The number of aromatic carboxylic acids is 2. The number of nitrogen functional groups attached to an aromatic ring is 1. The molecule has 0 atom stereocenters. The summed E-state index contributed by atoms with van der Waals surface area (Å²) in [5.74, 6) is -2.53. The van der Waals surface area contributed by atoms with Crippen molar-refractivity contribution in [3.8, 4) is 0 Å². The van der Waals surface area contributed by atoms with E-state index in [2.05, 4.69) is 0 Å². The van der Waals surface area contributed by atoms with Crippen molar-refractivity contribution in [2.24, 2.45) is 0 Å². The van der Waals surface area contributed by atoms with E-state index in [-0.39, 0.29) is 11.1 Å². The number of hydrogen-bond donors (Lipinski definition) is 3. The van der Waals surface area contributed by atoms with Crippen LogP contribution in [-0.2, 0) is 0 Å². The largest absolute Gasteiger partial charge is 0.478 e. The minimum absolute atomic E-state index is 0.227. The Balaban J connectivity index is 2.81. The van der Waals surface area contributed by atoms with Gasteiger partial charge in [0.05, 0.1) is 11.1 Å². The summed E-state index contributed by atoms with van der Waals surface area (Å²) in [6.07, 6.45) is 0. The van der Waals surface area contributed by atoms with Crippen LogP contribution >= 0.6 is 0 Å². The molecule has 0 fully saturated rings. The third-order valence-electron chi connectivity index (χ3n) is 2.46. The molecular weight excluding hydrogens is 222 g/mol. The van der Waals surface area contributed by atoms with Gasteiger partial charge in [-0.25, -0.2) is 9.59 Å². The number of benzene rings is 2. The van der Waals surface area contributed by atoms with Crippen molar-refractivity contribution in [2.45, 2.75) is 0 Å². The molecule has 0 spiro atoms. The Morgan fingerprint density at radius 2 is 1.41 bits per heavy atom. The third kappa shape index (κ3) is 1.90. The zero-order chi connectivity index (χ0) is 12.6. The number of carboxylic acid groups (broad SMARTS) is 2. The monoisotopic (exact) mass is 231 g/mol. The maximum absolute atomic E-state index is 11.0. The number of hydrogen-bond acceptors (Lipinski definition) is 3. The van der Waals surface area contributed by atoms with Gasteiger partial charge in [0.25, 0.3) is 0 Å². The van der Waals surface area contributed by atoms with Crippen molar-refractivity contribution in [3.05, 3.63) is 41.5 Å². The summed E-state index contributed by atoms with van der Waals surface area (Å²) in [4.78, 5) is 21.9. The first kappa shape index (κ1) is 10.9. The van der Waals surface area contributed by atoms with Gasteiger partial charge in [-0.05, 0) is 35.0 Å². The Hall–Kier alpha value is -2.56. The summed E-state index contributed by atoms with van der Waals surface area (Å²) >= 11 is 0. The average molecular weight is 231 g/mol. The lowest BCUT2D eigenvalue weighted by Gasteiger charge is -2.05. The molecule has 2 rings (SSSR count). The van der Waals surface area contributed by atoms with E-state index >= 15 is 0 Å². The first-order valence-corrected chi connectivity index (χ1v) is 4.79. The van der Waals surface area contributed by atoms with Crippen molar-refractivity contribution in [3.63, 3.8) is 0 Å². The zero-order valence-corrected chi connectivity index (χ0v) is 8.68. The van der Waals surface area contributed by atoms with Gasteiger partial charge in [-0.2, -0.15) is 0 Å². The van der Waals surface area contributed by atoms with Crippen molar-refractivity contribution < 1.29 is 19.8 Å². The molecule has 0 aliphatic carbocycles. The molecule has 2 aromatic rings. The van der Waals surface area contributed by atoms with Crippen LogP contribution in [0.5, 0.6) is 0 Å². The number of rotatable bonds is 2. The van der Waals surface area contributed by atoms with Crippen LogP contribution in [0.1, 0.15) is 20.7 Å². The smallest absolute Gasteiger partial charge is 0.336 e. The van der Waals surface area contributed by atoms with Gasteiger partial charge in [-0.3, -0.25) is 0 Å². The summed E-state index contributed by atoms with van der Waals surface area (Å²) in [7, 11) is 0. The van der Waals surface area contributed by atoms with E-state index in [9.17, 15) is 9.59 Å². The van der Waals surface area contributed by atoms with E-state index in [4.69, 9.17) is 15.9 Å². The molecule has 17 heavy (non-hydrogen) atoms. The normalized spacial score (nSPS) is 10.4. The second-order valence-corrected chi connectivity index (χ2v) is 3.61. The quantitative estimate of drug-likeness (QED) is 0.684. The maximum Gasteiger partial charge on any atom is 0.336 e. The fourth-order valence-electron chi connectivity index (χ4n) is 1.67. The Kier molecular flexibility index (Phi) is 2.44. The molecule has 86 valence electrons. The highest BCUT2D eigenvalue weighted by Crippen LogP contribution is 2.22. The van der Waals surface area contributed by atoms with E-state index < -0.39 is 11.9 Å². The first-order valence-electron chi connectivity index (χ1n) is 4.79. The first-order chi connectivity index (χ1) is 7.99. The van der Waals surface area contributed by atoms with Crippen LogP contribution in [0, 0.1) is 0 Å². The lowest BCUT2D eigenvalue weighted by molar-refractivity contribution is 0.0652. The fourth-order valence-corrected chi connectivity index (χ4v) is 1.67. The SMILES string of the molecule is Nc1ccc2cc(C(=O)O)c(C(=O)O)cc2c1. The lowest BCUT2D eigenvalue weighted by Crippen LogP contribution is -2.07. The van der Waals surface area contributed by atoms with Gasteiger partial charge in [0, 0.05) is 5.69 Å². The molecule has 2 aromatic carbocycles. The van der Waals surface area contributed by atoms with E-state index in [1.807, 2.05) is 0 Å². The van der Waals surface area contributed by atoms with Crippen molar-refractivity contribution in [1.29, 1.82) is 0 Å². The van der Waals surface area contributed by atoms with Crippen molar-refractivity contribution >= 4 is 28.4 Å². The van der Waals surface area contributed by atoms with Crippen molar-refractivity contribution in [1.82, 2.24) is 0 Å². The van der Waals surface area contributed by atoms with E-state index in [1.54, 1.807) is 18.2 Å². The number of fused-ring (bicyclic) bond motifs is 1. The van der Waals surface area contributed by atoms with Crippen molar-refractivity contribution in [2.75, 3.05) is 5.73 Å². The van der Waals surface area contributed by atoms with Gasteiger partial charge in [-0.1, -0.05) is 6.07 Å². The molecule has 5 nitrogen and oxygen atoms in total. The van der Waals surface area contributed by atoms with E-state index in [0.717, 1.165) is 0 Å². The second-order valence-electron chi connectivity index (χ2n) is 3.61. The maximum atomic E-state index is 11.0. The molecule has 0 saturated heterocycles. The summed E-state index contributed by atoms with van der Waals surface area (Å²) in [6, 6.07) is 7.54. The highest BCUT2D eigenvalue weighted by molar-refractivity contribution is 6.06. The Labute approximate surface area is 96.1 Å². The third-order valence-corrected chi connectivity index (χ3v) is 2.46. The molecule has 0 aliphatic heterocycles. The van der Waals surface area contributed by atoms with Gasteiger partial charge in [-0.15, -0.1) is 0 Å². The van der Waals surface area contributed by atoms with Crippen LogP contribution in [0.2, 0.25) is 0 Å². The number of anilines is 1. The molecule has 0 radical (unpaired) electrons. The fraction of sp³-hybridized carbons (Fsp3) is 0.